The van der Waals surface area contributed by atoms with E-state index in [9.17, 15) is 4.79 Å². The van der Waals surface area contributed by atoms with Gasteiger partial charge in [-0.3, -0.25) is 0 Å². The van der Waals surface area contributed by atoms with E-state index in [2.05, 4.69) is 29.3 Å². The van der Waals surface area contributed by atoms with Gasteiger partial charge in [0.25, 0.3) is 0 Å². The Kier molecular flexibility index (Phi) is 6.83. The molecule has 1 aromatic rings. The highest BCUT2D eigenvalue weighted by atomic mass is 16.5. The van der Waals surface area contributed by atoms with Crippen LogP contribution in [0.2, 0.25) is 0 Å². The summed E-state index contributed by atoms with van der Waals surface area (Å²) in [4.78, 5) is 17.1. The van der Waals surface area contributed by atoms with Crippen LogP contribution in [0, 0.1) is 5.92 Å². The molecule has 2 amide bonds. The Hall–Kier alpha value is -1.95. The van der Waals surface area contributed by atoms with Crippen molar-refractivity contribution in [3.8, 4) is 11.5 Å². The molecule has 150 valence electrons. The fourth-order valence-corrected chi connectivity index (χ4v) is 4.20. The zero-order valence-electron chi connectivity index (χ0n) is 16.9. The van der Waals surface area contributed by atoms with Crippen LogP contribution in [0.3, 0.4) is 0 Å². The van der Waals surface area contributed by atoms with E-state index in [-0.39, 0.29) is 6.03 Å². The summed E-state index contributed by atoms with van der Waals surface area (Å²) in [5.41, 5.74) is 2.49. The van der Waals surface area contributed by atoms with Gasteiger partial charge in [0.2, 0.25) is 0 Å². The number of urea groups is 1. The number of ether oxygens (including phenoxy) is 2. The third-order valence-electron chi connectivity index (χ3n) is 5.75. The van der Waals surface area contributed by atoms with Gasteiger partial charge >= 0.3 is 6.03 Å². The van der Waals surface area contributed by atoms with Crippen molar-refractivity contribution in [3.05, 3.63) is 23.3 Å². The Labute approximate surface area is 162 Å². The van der Waals surface area contributed by atoms with Gasteiger partial charge in [-0.15, -0.1) is 0 Å². The maximum Gasteiger partial charge on any atom is 0.317 e. The summed E-state index contributed by atoms with van der Waals surface area (Å²) in [6.45, 7) is 7.92. The van der Waals surface area contributed by atoms with Gasteiger partial charge in [0.1, 0.15) is 0 Å². The summed E-state index contributed by atoms with van der Waals surface area (Å²) in [5.74, 6) is 2.09. The zero-order chi connectivity index (χ0) is 19.2. The number of hydrogen-bond acceptors (Lipinski definition) is 4. The highest BCUT2D eigenvalue weighted by Crippen LogP contribution is 2.32. The number of likely N-dealkylation sites (tertiary alicyclic amines) is 1. The van der Waals surface area contributed by atoms with E-state index >= 15 is 0 Å². The smallest absolute Gasteiger partial charge is 0.317 e. The third-order valence-corrected chi connectivity index (χ3v) is 5.75. The molecular formula is C21H33N3O3. The quantitative estimate of drug-likeness (QED) is 0.830. The Morgan fingerprint density at radius 2 is 1.74 bits per heavy atom. The maximum absolute atomic E-state index is 12.7. The summed E-state index contributed by atoms with van der Waals surface area (Å²) in [5, 5.41) is 3.17. The van der Waals surface area contributed by atoms with E-state index in [0.717, 1.165) is 57.1 Å². The molecule has 6 nitrogen and oxygen atoms in total. The maximum atomic E-state index is 12.7. The number of fused-ring (bicyclic) bond motifs is 1. The number of methoxy groups -OCH3 is 2. The topological polar surface area (TPSA) is 54.0 Å². The number of nitrogens with zero attached hydrogens (tertiary/aromatic N) is 2. The first kappa shape index (κ1) is 19.8. The lowest BCUT2D eigenvalue weighted by molar-refractivity contribution is 0.198. The fourth-order valence-electron chi connectivity index (χ4n) is 4.20. The second-order valence-electron chi connectivity index (χ2n) is 7.60. The SMILES string of the molecule is CCCN1CCC(CNC(=O)N2CCc3cc(OC)c(OC)cc3CC2)C1. The fraction of sp³-hybridized carbons (Fsp3) is 0.667. The van der Waals surface area contributed by atoms with Crippen molar-refractivity contribution in [2.45, 2.75) is 32.6 Å². The van der Waals surface area contributed by atoms with Gasteiger partial charge in [-0.25, -0.2) is 4.79 Å². The van der Waals surface area contributed by atoms with Crippen molar-refractivity contribution < 1.29 is 14.3 Å². The summed E-state index contributed by atoms with van der Waals surface area (Å²) < 4.78 is 10.8. The number of carbonyl (C=O) groups is 1. The number of nitrogens with one attached hydrogen (secondary N) is 1. The van der Waals surface area contributed by atoms with Crippen molar-refractivity contribution in [1.82, 2.24) is 15.1 Å². The van der Waals surface area contributed by atoms with Crippen molar-refractivity contribution in [3.63, 3.8) is 0 Å². The van der Waals surface area contributed by atoms with Crippen LogP contribution in [0.1, 0.15) is 30.9 Å². The number of rotatable bonds is 6. The van der Waals surface area contributed by atoms with Crippen LogP contribution in [0.5, 0.6) is 11.5 Å². The summed E-state index contributed by atoms with van der Waals surface area (Å²) >= 11 is 0. The van der Waals surface area contributed by atoms with Crippen molar-refractivity contribution in [1.29, 1.82) is 0 Å². The highest BCUT2D eigenvalue weighted by Gasteiger charge is 2.24. The molecule has 1 unspecified atom stereocenters. The standard InChI is InChI=1S/C21H33N3O3/c1-4-8-23-9-5-16(15-23)14-22-21(25)24-10-6-17-12-19(26-2)20(27-3)13-18(17)7-11-24/h12-13,16H,4-11,14-15H2,1-3H3,(H,22,25). The van der Waals surface area contributed by atoms with Crippen LogP contribution in [0.15, 0.2) is 12.1 Å². The van der Waals surface area contributed by atoms with Gasteiger partial charge in [0.15, 0.2) is 11.5 Å². The summed E-state index contributed by atoms with van der Waals surface area (Å²) in [6, 6.07) is 4.17. The number of hydrogen-bond donors (Lipinski definition) is 1. The van der Waals surface area contributed by atoms with E-state index in [4.69, 9.17) is 9.47 Å². The van der Waals surface area contributed by atoms with E-state index < -0.39 is 0 Å². The average molecular weight is 376 g/mol. The Morgan fingerprint density at radius 1 is 1.11 bits per heavy atom. The van der Waals surface area contributed by atoms with Crippen LogP contribution < -0.4 is 14.8 Å². The minimum absolute atomic E-state index is 0.0654. The molecule has 1 fully saturated rings. The second-order valence-corrected chi connectivity index (χ2v) is 7.60. The molecule has 1 atom stereocenters. The summed E-state index contributed by atoms with van der Waals surface area (Å²) in [7, 11) is 3.32. The molecule has 2 heterocycles. The minimum atomic E-state index is 0.0654. The molecule has 0 spiro atoms. The van der Waals surface area contributed by atoms with Crippen LogP contribution in [-0.4, -0.2) is 69.3 Å². The lowest BCUT2D eigenvalue weighted by atomic mass is 10.0. The largest absolute Gasteiger partial charge is 0.493 e. The van der Waals surface area contributed by atoms with E-state index in [1.165, 1.54) is 30.5 Å². The molecule has 0 aliphatic carbocycles. The van der Waals surface area contributed by atoms with Gasteiger partial charge in [0, 0.05) is 26.2 Å². The molecular weight excluding hydrogens is 342 g/mol. The Balaban J connectivity index is 1.53. The van der Waals surface area contributed by atoms with Crippen LogP contribution in [0.4, 0.5) is 4.79 Å². The molecule has 0 bridgehead atoms. The van der Waals surface area contributed by atoms with E-state index in [1.54, 1.807) is 14.2 Å². The van der Waals surface area contributed by atoms with E-state index in [1.807, 2.05) is 4.90 Å². The number of amides is 2. The predicted molar refractivity (Wildman–Crippen MR) is 107 cm³/mol. The molecule has 0 saturated carbocycles. The number of benzene rings is 1. The molecule has 27 heavy (non-hydrogen) atoms. The van der Waals surface area contributed by atoms with Crippen molar-refractivity contribution >= 4 is 6.03 Å². The molecule has 6 heteroatoms. The van der Waals surface area contributed by atoms with Crippen molar-refractivity contribution in [2.24, 2.45) is 5.92 Å². The first-order valence-corrected chi connectivity index (χ1v) is 10.1. The van der Waals surface area contributed by atoms with Gasteiger partial charge in [-0.1, -0.05) is 6.92 Å². The first-order valence-electron chi connectivity index (χ1n) is 10.1. The van der Waals surface area contributed by atoms with Gasteiger partial charge in [-0.2, -0.15) is 0 Å². The van der Waals surface area contributed by atoms with Crippen molar-refractivity contribution in [2.75, 3.05) is 53.5 Å². The van der Waals surface area contributed by atoms with Gasteiger partial charge in [-0.05, 0) is 68.0 Å². The van der Waals surface area contributed by atoms with Gasteiger partial charge < -0.3 is 24.6 Å². The molecule has 0 radical (unpaired) electrons. The lowest BCUT2D eigenvalue weighted by Crippen LogP contribution is -2.43. The molecule has 3 rings (SSSR count). The van der Waals surface area contributed by atoms with Gasteiger partial charge in [0.05, 0.1) is 14.2 Å². The molecule has 1 saturated heterocycles. The zero-order valence-corrected chi connectivity index (χ0v) is 16.9. The lowest BCUT2D eigenvalue weighted by Gasteiger charge is -2.22. The minimum Gasteiger partial charge on any atom is -0.493 e. The monoisotopic (exact) mass is 375 g/mol. The second kappa shape index (κ2) is 9.31. The van der Waals surface area contributed by atoms with Crippen LogP contribution in [0.25, 0.3) is 0 Å². The molecule has 1 N–H and O–H groups in total. The van der Waals surface area contributed by atoms with Crippen LogP contribution >= 0.6 is 0 Å². The van der Waals surface area contributed by atoms with E-state index in [0.29, 0.717) is 5.92 Å². The first-order chi connectivity index (χ1) is 13.1. The normalized spacial score (nSPS) is 20.1. The molecule has 2 aliphatic rings. The molecule has 2 aliphatic heterocycles. The average Bonchev–Trinajstić information content (AvgIpc) is 3.03. The van der Waals surface area contributed by atoms with Crippen LogP contribution in [-0.2, 0) is 12.8 Å². The predicted octanol–water partition coefficient (Wildman–Crippen LogP) is 2.55. The molecule has 0 aromatic heterocycles. The third kappa shape index (κ3) is 4.86. The highest BCUT2D eigenvalue weighted by molar-refractivity contribution is 5.74. The molecule has 1 aromatic carbocycles. The number of carbonyl (C=O) groups excluding carboxylic acids is 1. The Morgan fingerprint density at radius 3 is 2.30 bits per heavy atom. The summed E-state index contributed by atoms with van der Waals surface area (Å²) in [6.07, 6.45) is 4.07. The Bertz CT molecular complexity index is 615.